The summed E-state index contributed by atoms with van der Waals surface area (Å²) in [5.41, 5.74) is 1.94. The average molecular weight is 298 g/mol. The Hall–Kier alpha value is -2.63. The Balaban J connectivity index is 1.67. The molecule has 2 amide bonds. The molecule has 0 spiro atoms. The first kappa shape index (κ1) is 14.3. The normalized spacial score (nSPS) is 17.8. The van der Waals surface area contributed by atoms with Crippen LogP contribution in [0.15, 0.2) is 36.7 Å². The predicted molar refractivity (Wildman–Crippen MR) is 81.7 cm³/mol. The van der Waals surface area contributed by atoms with Crippen molar-refractivity contribution in [3.8, 4) is 11.4 Å². The number of hydrogen-bond donors (Lipinski definition) is 3. The molecule has 6 nitrogen and oxygen atoms in total. The Morgan fingerprint density at radius 2 is 2.23 bits per heavy atom. The highest BCUT2D eigenvalue weighted by Gasteiger charge is 2.24. The van der Waals surface area contributed by atoms with Crippen molar-refractivity contribution < 1.29 is 9.59 Å². The zero-order valence-corrected chi connectivity index (χ0v) is 12.1. The second-order valence-corrected chi connectivity index (χ2v) is 5.33. The third-order valence-electron chi connectivity index (χ3n) is 3.77. The summed E-state index contributed by atoms with van der Waals surface area (Å²) in [6.45, 7) is 0.405. The molecule has 3 rings (SSSR count). The quantitative estimate of drug-likeness (QED) is 0.796. The van der Waals surface area contributed by atoms with E-state index >= 15 is 0 Å². The number of hydrogen-bond acceptors (Lipinski definition) is 3. The summed E-state index contributed by atoms with van der Waals surface area (Å²) in [4.78, 5) is 30.8. The Kier molecular flexibility index (Phi) is 4.18. The van der Waals surface area contributed by atoms with E-state index in [0.29, 0.717) is 19.4 Å². The predicted octanol–water partition coefficient (Wildman–Crippen LogP) is 1.36. The van der Waals surface area contributed by atoms with Gasteiger partial charge in [0.25, 0.3) is 0 Å². The van der Waals surface area contributed by atoms with Gasteiger partial charge in [-0.25, -0.2) is 4.98 Å². The zero-order valence-electron chi connectivity index (χ0n) is 12.1. The number of imidazole rings is 1. The molecule has 1 aliphatic heterocycles. The van der Waals surface area contributed by atoms with E-state index in [4.69, 9.17) is 0 Å². The largest absolute Gasteiger partial charge is 0.350 e. The van der Waals surface area contributed by atoms with Crippen molar-refractivity contribution in [1.29, 1.82) is 0 Å². The van der Waals surface area contributed by atoms with Crippen LogP contribution in [-0.4, -0.2) is 27.8 Å². The van der Waals surface area contributed by atoms with Crippen LogP contribution in [0.5, 0.6) is 0 Å². The number of rotatable bonds is 4. The Bertz CT molecular complexity index is 667. The maximum absolute atomic E-state index is 12.2. The van der Waals surface area contributed by atoms with Crippen molar-refractivity contribution in [2.75, 3.05) is 0 Å². The highest BCUT2D eigenvalue weighted by atomic mass is 16.2. The van der Waals surface area contributed by atoms with Crippen LogP contribution >= 0.6 is 0 Å². The fraction of sp³-hybridized carbons (Fsp3) is 0.312. The van der Waals surface area contributed by atoms with Gasteiger partial charge in [0.1, 0.15) is 11.9 Å². The molecule has 0 saturated carbocycles. The Labute approximate surface area is 128 Å². The maximum Gasteiger partial charge on any atom is 0.242 e. The van der Waals surface area contributed by atoms with E-state index in [1.807, 2.05) is 24.3 Å². The number of nitrogens with zero attached hydrogens (tertiary/aromatic N) is 1. The van der Waals surface area contributed by atoms with Gasteiger partial charge in [0.05, 0.1) is 0 Å². The minimum Gasteiger partial charge on any atom is -0.350 e. The van der Waals surface area contributed by atoms with Gasteiger partial charge in [0, 0.05) is 30.9 Å². The topological polar surface area (TPSA) is 86.9 Å². The minimum absolute atomic E-state index is 0.0533. The van der Waals surface area contributed by atoms with Crippen molar-refractivity contribution in [2.24, 2.45) is 0 Å². The fourth-order valence-corrected chi connectivity index (χ4v) is 2.63. The number of carbonyl (C=O) groups is 2. The molecule has 114 valence electrons. The molecular formula is C16H18N4O2. The van der Waals surface area contributed by atoms with Crippen LogP contribution in [0.3, 0.4) is 0 Å². The molecule has 2 heterocycles. The average Bonchev–Trinajstić information content (AvgIpc) is 3.07. The van der Waals surface area contributed by atoms with Crippen LogP contribution in [0, 0.1) is 0 Å². The lowest BCUT2D eigenvalue weighted by Crippen LogP contribution is -2.48. The first-order valence-corrected chi connectivity index (χ1v) is 7.39. The van der Waals surface area contributed by atoms with Crippen LogP contribution < -0.4 is 10.6 Å². The number of H-pyrrole nitrogens is 1. The fourth-order valence-electron chi connectivity index (χ4n) is 2.63. The number of aromatic nitrogens is 2. The van der Waals surface area contributed by atoms with E-state index in [0.717, 1.165) is 23.4 Å². The molecule has 2 aromatic rings. The number of piperidine rings is 1. The third-order valence-corrected chi connectivity index (χ3v) is 3.77. The summed E-state index contributed by atoms with van der Waals surface area (Å²) in [6, 6.07) is 7.36. The van der Waals surface area contributed by atoms with E-state index in [-0.39, 0.29) is 11.8 Å². The first-order chi connectivity index (χ1) is 10.7. The minimum atomic E-state index is -0.419. The number of aromatic amines is 1. The monoisotopic (exact) mass is 298 g/mol. The van der Waals surface area contributed by atoms with Crippen molar-refractivity contribution in [1.82, 2.24) is 20.6 Å². The van der Waals surface area contributed by atoms with Gasteiger partial charge in [-0.2, -0.15) is 0 Å². The number of nitrogens with one attached hydrogen (secondary N) is 3. The Morgan fingerprint density at radius 3 is 3.00 bits per heavy atom. The summed E-state index contributed by atoms with van der Waals surface area (Å²) < 4.78 is 0. The smallest absolute Gasteiger partial charge is 0.242 e. The lowest BCUT2D eigenvalue weighted by molar-refractivity contribution is -0.131. The molecule has 1 aromatic heterocycles. The van der Waals surface area contributed by atoms with E-state index in [9.17, 15) is 9.59 Å². The van der Waals surface area contributed by atoms with Crippen LogP contribution in [0.25, 0.3) is 11.4 Å². The van der Waals surface area contributed by atoms with E-state index in [2.05, 4.69) is 20.6 Å². The molecular weight excluding hydrogens is 280 g/mol. The lowest BCUT2D eigenvalue weighted by atomic mass is 10.0. The molecule has 3 N–H and O–H groups in total. The SMILES string of the molecule is O=C1CCCC(C(=O)NCc2ccccc2-c2ncc[nH]2)N1. The molecule has 1 aliphatic rings. The van der Waals surface area contributed by atoms with Gasteiger partial charge < -0.3 is 15.6 Å². The number of carbonyl (C=O) groups excluding carboxylic acids is 2. The van der Waals surface area contributed by atoms with Crippen LogP contribution in [-0.2, 0) is 16.1 Å². The summed E-state index contributed by atoms with van der Waals surface area (Å²) in [5, 5.41) is 5.62. The highest BCUT2D eigenvalue weighted by molar-refractivity contribution is 5.88. The molecule has 1 atom stereocenters. The Morgan fingerprint density at radius 1 is 1.36 bits per heavy atom. The third kappa shape index (κ3) is 3.16. The number of benzene rings is 1. The summed E-state index contributed by atoms with van der Waals surface area (Å²) in [7, 11) is 0. The van der Waals surface area contributed by atoms with Crippen molar-refractivity contribution >= 4 is 11.8 Å². The van der Waals surface area contributed by atoms with Crippen molar-refractivity contribution in [3.05, 3.63) is 42.2 Å². The van der Waals surface area contributed by atoms with Crippen LogP contribution in [0.4, 0.5) is 0 Å². The van der Waals surface area contributed by atoms with E-state index in [1.54, 1.807) is 12.4 Å². The molecule has 0 bridgehead atoms. The van der Waals surface area contributed by atoms with Gasteiger partial charge in [0.15, 0.2) is 0 Å². The molecule has 0 aliphatic carbocycles. The van der Waals surface area contributed by atoms with Gasteiger partial charge in [-0.15, -0.1) is 0 Å². The van der Waals surface area contributed by atoms with Crippen molar-refractivity contribution in [3.63, 3.8) is 0 Å². The molecule has 1 fully saturated rings. The number of amides is 2. The van der Waals surface area contributed by atoms with E-state index < -0.39 is 6.04 Å². The van der Waals surface area contributed by atoms with Gasteiger partial charge in [-0.3, -0.25) is 9.59 Å². The van der Waals surface area contributed by atoms with Crippen LogP contribution in [0.2, 0.25) is 0 Å². The van der Waals surface area contributed by atoms with Crippen molar-refractivity contribution in [2.45, 2.75) is 31.8 Å². The molecule has 6 heteroatoms. The summed E-state index contributed by atoms with van der Waals surface area (Å²) >= 11 is 0. The molecule has 22 heavy (non-hydrogen) atoms. The second kappa shape index (κ2) is 6.43. The second-order valence-electron chi connectivity index (χ2n) is 5.33. The van der Waals surface area contributed by atoms with Gasteiger partial charge in [-0.05, 0) is 18.4 Å². The van der Waals surface area contributed by atoms with Crippen LogP contribution in [0.1, 0.15) is 24.8 Å². The van der Waals surface area contributed by atoms with Gasteiger partial charge >= 0.3 is 0 Å². The molecule has 1 unspecified atom stereocenters. The maximum atomic E-state index is 12.2. The van der Waals surface area contributed by atoms with E-state index in [1.165, 1.54) is 0 Å². The van der Waals surface area contributed by atoms with Gasteiger partial charge in [-0.1, -0.05) is 24.3 Å². The molecule has 1 aromatic carbocycles. The standard InChI is InChI=1S/C16H18N4O2/c21-14-7-3-6-13(20-14)16(22)19-10-11-4-1-2-5-12(11)15-17-8-9-18-15/h1-2,4-5,8-9,13H,3,6-7,10H2,(H,17,18)(H,19,22)(H,20,21). The summed E-state index contributed by atoms with van der Waals surface area (Å²) in [6.07, 6.45) is 5.42. The lowest BCUT2D eigenvalue weighted by Gasteiger charge is -2.22. The first-order valence-electron chi connectivity index (χ1n) is 7.39. The molecule has 0 radical (unpaired) electrons. The highest BCUT2D eigenvalue weighted by Crippen LogP contribution is 2.19. The van der Waals surface area contributed by atoms with Gasteiger partial charge in [0.2, 0.25) is 11.8 Å². The zero-order chi connectivity index (χ0) is 15.4. The molecule has 1 saturated heterocycles. The summed E-state index contributed by atoms with van der Waals surface area (Å²) in [5.74, 6) is 0.584.